The normalized spacial score (nSPS) is 10.6. The van der Waals surface area contributed by atoms with Crippen molar-refractivity contribution < 1.29 is 23.7 Å². The predicted molar refractivity (Wildman–Crippen MR) is 96.4 cm³/mol. The maximum atomic E-state index is 11.9. The van der Waals surface area contributed by atoms with Crippen molar-refractivity contribution in [2.75, 3.05) is 21.3 Å². The fourth-order valence-electron chi connectivity index (χ4n) is 2.17. The summed E-state index contributed by atoms with van der Waals surface area (Å²) in [5, 5.41) is 0.596. The Labute approximate surface area is 151 Å². The Balaban J connectivity index is 2.08. The Morgan fingerprint density at radius 2 is 1.68 bits per heavy atom. The Morgan fingerprint density at radius 3 is 2.32 bits per heavy atom. The SMILES string of the molecule is COc1cc(OC)c(OC)cc1/C=C/C(=O)OCc1cccc(Cl)c1. The van der Waals surface area contributed by atoms with Crippen LogP contribution in [-0.2, 0) is 16.1 Å². The number of benzene rings is 2. The summed E-state index contributed by atoms with van der Waals surface area (Å²) in [7, 11) is 4.62. The lowest BCUT2D eigenvalue weighted by atomic mass is 10.1. The quantitative estimate of drug-likeness (QED) is 0.547. The average Bonchev–Trinajstić information content (AvgIpc) is 2.63. The maximum absolute atomic E-state index is 11.9. The standard InChI is InChI=1S/C19H19ClO5/c1-22-16-11-18(24-3)17(23-2)10-14(16)7-8-19(21)25-12-13-5-4-6-15(20)9-13/h4-11H,12H2,1-3H3/b8-7+. The third-order valence-corrected chi connectivity index (χ3v) is 3.64. The number of rotatable bonds is 7. The molecule has 2 aromatic rings. The number of halogens is 1. The van der Waals surface area contributed by atoms with Crippen molar-refractivity contribution in [3.63, 3.8) is 0 Å². The van der Waals surface area contributed by atoms with Crippen LogP contribution in [0, 0.1) is 0 Å². The zero-order valence-electron chi connectivity index (χ0n) is 14.2. The van der Waals surface area contributed by atoms with Crippen LogP contribution in [-0.4, -0.2) is 27.3 Å². The summed E-state index contributed by atoms with van der Waals surface area (Å²) in [5.41, 5.74) is 1.48. The van der Waals surface area contributed by atoms with Crippen molar-refractivity contribution in [3.05, 3.63) is 58.6 Å². The molecule has 2 aromatic carbocycles. The van der Waals surface area contributed by atoms with Gasteiger partial charge in [0.25, 0.3) is 0 Å². The van der Waals surface area contributed by atoms with Gasteiger partial charge in [-0.05, 0) is 29.8 Å². The molecule has 132 valence electrons. The van der Waals surface area contributed by atoms with Gasteiger partial charge in [-0.15, -0.1) is 0 Å². The zero-order valence-corrected chi connectivity index (χ0v) is 15.0. The van der Waals surface area contributed by atoms with Gasteiger partial charge in [-0.3, -0.25) is 0 Å². The molecule has 0 amide bonds. The first-order valence-electron chi connectivity index (χ1n) is 7.46. The highest BCUT2D eigenvalue weighted by Crippen LogP contribution is 2.35. The molecule has 2 rings (SSSR count). The second-order valence-electron chi connectivity index (χ2n) is 5.02. The van der Waals surface area contributed by atoms with E-state index >= 15 is 0 Å². The van der Waals surface area contributed by atoms with Crippen LogP contribution in [0.25, 0.3) is 6.08 Å². The lowest BCUT2D eigenvalue weighted by Gasteiger charge is -2.12. The van der Waals surface area contributed by atoms with Crippen molar-refractivity contribution >= 4 is 23.6 Å². The molecule has 0 bridgehead atoms. The van der Waals surface area contributed by atoms with Crippen molar-refractivity contribution in [2.24, 2.45) is 0 Å². The molecule has 0 unspecified atom stereocenters. The van der Waals surface area contributed by atoms with Gasteiger partial charge in [0.05, 0.1) is 21.3 Å². The molecule has 0 N–H and O–H groups in total. The van der Waals surface area contributed by atoms with Crippen LogP contribution in [0.15, 0.2) is 42.5 Å². The molecule has 0 saturated carbocycles. The fraction of sp³-hybridized carbons (Fsp3) is 0.211. The van der Waals surface area contributed by atoms with Crippen LogP contribution in [0.4, 0.5) is 0 Å². The molecule has 0 radical (unpaired) electrons. The smallest absolute Gasteiger partial charge is 0.331 e. The van der Waals surface area contributed by atoms with Crippen LogP contribution in [0.3, 0.4) is 0 Å². The first-order valence-corrected chi connectivity index (χ1v) is 7.84. The van der Waals surface area contributed by atoms with E-state index < -0.39 is 5.97 Å². The van der Waals surface area contributed by atoms with Gasteiger partial charge < -0.3 is 18.9 Å². The van der Waals surface area contributed by atoms with Crippen LogP contribution in [0.1, 0.15) is 11.1 Å². The summed E-state index contributed by atoms with van der Waals surface area (Å²) in [4.78, 5) is 11.9. The summed E-state index contributed by atoms with van der Waals surface area (Å²) in [5.74, 6) is 1.16. The second kappa shape index (κ2) is 8.99. The molecule has 0 spiro atoms. The molecule has 6 heteroatoms. The summed E-state index contributed by atoms with van der Waals surface area (Å²) in [6.07, 6.45) is 2.93. The Hall–Kier alpha value is -2.66. The summed E-state index contributed by atoms with van der Waals surface area (Å²) >= 11 is 5.90. The van der Waals surface area contributed by atoms with E-state index in [-0.39, 0.29) is 6.61 Å². The highest BCUT2D eigenvalue weighted by atomic mass is 35.5. The minimum Gasteiger partial charge on any atom is -0.496 e. The number of hydrogen-bond donors (Lipinski definition) is 0. The summed E-state index contributed by atoms with van der Waals surface area (Å²) in [6, 6.07) is 10.6. The van der Waals surface area contributed by atoms with Gasteiger partial charge in [0.2, 0.25) is 0 Å². The number of carbonyl (C=O) groups is 1. The lowest BCUT2D eigenvalue weighted by molar-refractivity contribution is -0.138. The third kappa shape index (κ3) is 5.16. The molecule has 5 nitrogen and oxygen atoms in total. The fourth-order valence-corrected chi connectivity index (χ4v) is 2.38. The van der Waals surface area contributed by atoms with Crippen molar-refractivity contribution in [1.29, 1.82) is 0 Å². The average molecular weight is 363 g/mol. The van der Waals surface area contributed by atoms with Crippen LogP contribution in [0.5, 0.6) is 17.2 Å². The largest absolute Gasteiger partial charge is 0.496 e. The summed E-state index contributed by atoms with van der Waals surface area (Å²) < 4.78 is 21.0. The highest BCUT2D eigenvalue weighted by Gasteiger charge is 2.10. The Bertz CT molecular complexity index is 770. The molecule has 0 aliphatic carbocycles. The third-order valence-electron chi connectivity index (χ3n) is 3.40. The highest BCUT2D eigenvalue weighted by molar-refractivity contribution is 6.30. The first kappa shape index (κ1) is 18.7. The van der Waals surface area contributed by atoms with E-state index in [2.05, 4.69) is 0 Å². The summed E-state index contributed by atoms with van der Waals surface area (Å²) in [6.45, 7) is 0.146. The number of carbonyl (C=O) groups excluding carboxylic acids is 1. The number of ether oxygens (including phenoxy) is 4. The van der Waals surface area contributed by atoms with E-state index in [4.69, 9.17) is 30.5 Å². The number of esters is 1. The monoisotopic (exact) mass is 362 g/mol. The van der Waals surface area contributed by atoms with Gasteiger partial charge in [-0.25, -0.2) is 4.79 Å². The minimum atomic E-state index is -0.475. The lowest BCUT2D eigenvalue weighted by Crippen LogP contribution is -2.01. The number of hydrogen-bond acceptors (Lipinski definition) is 5. The molecule has 0 aliphatic heterocycles. The molecule has 0 heterocycles. The second-order valence-corrected chi connectivity index (χ2v) is 5.46. The maximum Gasteiger partial charge on any atom is 0.331 e. The van der Waals surface area contributed by atoms with Gasteiger partial charge in [-0.1, -0.05) is 23.7 Å². The number of methoxy groups -OCH3 is 3. The minimum absolute atomic E-state index is 0.146. The van der Waals surface area contributed by atoms with Crippen LogP contribution < -0.4 is 14.2 Å². The molecule has 0 saturated heterocycles. The predicted octanol–water partition coefficient (Wildman–Crippen LogP) is 4.12. The van der Waals surface area contributed by atoms with Gasteiger partial charge >= 0.3 is 5.97 Å². The first-order chi connectivity index (χ1) is 12.1. The molecule has 0 aromatic heterocycles. The van der Waals surface area contributed by atoms with E-state index in [0.717, 1.165) is 5.56 Å². The van der Waals surface area contributed by atoms with Crippen molar-refractivity contribution in [2.45, 2.75) is 6.61 Å². The van der Waals surface area contributed by atoms with Gasteiger partial charge in [0.15, 0.2) is 11.5 Å². The Kier molecular flexibility index (Phi) is 6.71. The van der Waals surface area contributed by atoms with E-state index in [1.54, 1.807) is 43.5 Å². The van der Waals surface area contributed by atoms with E-state index in [1.807, 2.05) is 6.07 Å². The van der Waals surface area contributed by atoms with Crippen LogP contribution >= 0.6 is 11.6 Å². The molecule has 0 atom stereocenters. The zero-order chi connectivity index (χ0) is 18.2. The Morgan fingerprint density at radius 1 is 1.00 bits per heavy atom. The van der Waals surface area contributed by atoms with Gasteiger partial charge in [0, 0.05) is 22.7 Å². The molecule has 0 aliphatic rings. The van der Waals surface area contributed by atoms with E-state index in [9.17, 15) is 4.79 Å². The topological polar surface area (TPSA) is 54.0 Å². The van der Waals surface area contributed by atoms with Crippen molar-refractivity contribution in [1.82, 2.24) is 0 Å². The van der Waals surface area contributed by atoms with Crippen molar-refractivity contribution in [3.8, 4) is 17.2 Å². The molecule has 0 fully saturated rings. The van der Waals surface area contributed by atoms with E-state index in [0.29, 0.717) is 27.8 Å². The van der Waals surface area contributed by atoms with Gasteiger partial charge in [0.1, 0.15) is 12.4 Å². The van der Waals surface area contributed by atoms with Crippen LogP contribution in [0.2, 0.25) is 5.02 Å². The molecule has 25 heavy (non-hydrogen) atoms. The van der Waals surface area contributed by atoms with E-state index in [1.165, 1.54) is 20.3 Å². The molecular formula is C19H19ClO5. The molecular weight excluding hydrogens is 344 g/mol. The van der Waals surface area contributed by atoms with Gasteiger partial charge in [-0.2, -0.15) is 0 Å².